The number of Topliss-reactive ketones (excluding diaryl/α,β-unsaturated/α-hetero) is 1. The fourth-order valence-corrected chi connectivity index (χ4v) is 3.00. The highest BCUT2D eigenvalue weighted by molar-refractivity contribution is 9.10. The number of halogens is 1. The first-order valence-corrected chi connectivity index (χ1v) is 8.42. The van der Waals surface area contributed by atoms with Crippen molar-refractivity contribution in [3.8, 4) is 0 Å². The Hall–Kier alpha value is -2.19. The maximum Gasteiger partial charge on any atom is 0.163 e. The van der Waals surface area contributed by atoms with Gasteiger partial charge in [-0.25, -0.2) is 0 Å². The molecule has 1 nitrogen and oxygen atoms in total. The summed E-state index contributed by atoms with van der Waals surface area (Å²) in [6.07, 6.45) is 0.468. The van der Waals surface area contributed by atoms with Crippen molar-refractivity contribution in [1.29, 1.82) is 0 Å². The van der Waals surface area contributed by atoms with Crippen LogP contribution in [-0.2, 0) is 0 Å². The van der Waals surface area contributed by atoms with E-state index in [1.54, 1.807) is 0 Å². The maximum atomic E-state index is 12.7. The molecule has 0 heterocycles. The predicted octanol–water partition coefficient (Wildman–Crippen LogP) is 5.85. The van der Waals surface area contributed by atoms with Gasteiger partial charge in [-0.05, 0) is 23.3 Å². The summed E-state index contributed by atoms with van der Waals surface area (Å²) in [5.74, 6) is 0.236. The second-order valence-electron chi connectivity index (χ2n) is 5.51. The van der Waals surface area contributed by atoms with Gasteiger partial charge in [0.1, 0.15) is 0 Å². The van der Waals surface area contributed by atoms with Gasteiger partial charge in [-0.2, -0.15) is 0 Å². The number of hydrogen-bond donors (Lipinski definition) is 0. The molecule has 0 unspecified atom stereocenters. The zero-order chi connectivity index (χ0) is 16.1. The number of hydrogen-bond acceptors (Lipinski definition) is 1. The quantitative estimate of drug-likeness (QED) is 0.518. The molecule has 114 valence electrons. The lowest BCUT2D eigenvalue weighted by Gasteiger charge is -2.17. The Morgan fingerprint density at radius 3 is 1.87 bits per heavy atom. The zero-order valence-electron chi connectivity index (χ0n) is 12.7. The molecule has 3 aromatic rings. The number of benzene rings is 3. The molecule has 0 aliphatic carbocycles. The summed E-state index contributed by atoms with van der Waals surface area (Å²) in [7, 11) is 0. The van der Waals surface area contributed by atoms with Crippen molar-refractivity contribution in [1.82, 2.24) is 0 Å². The largest absolute Gasteiger partial charge is 0.294 e. The first kappa shape index (κ1) is 15.7. The predicted molar refractivity (Wildman–Crippen MR) is 97.8 cm³/mol. The van der Waals surface area contributed by atoms with E-state index in [2.05, 4.69) is 40.2 Å². The van der Waals surface area contributed by atoms with Crippen molar-refractivity contribution >= 4 is 21.7 Å². The fourth-order valence-electron chi connectivity index (χ4n) is 2.74. The third kappa shape index (κ3) is 3.96. The number of rotatable bonds is 5. The van der Waals surface area contributed by atoms with Crippen molar-refractivity contribution < 1.29 is 4.79 Å². The lowest BCUT2D eigenvalue weighted by Crippen LogP contribution is -2.09. The first-order chi connectivity index (χ1) is 11.2. The van der Waals surface area contributed by atoms with Crippen molar-refractivity contribution in [2.75, 3.05) is 0 Å². The summed E-state index contributed by atoms with van der Waals surface area (Å²) >= 11 is 3.47. The van der Waals surface area contributed by atoms with Crippen LogP contribution in [0.25, 0.3) is 0 Å². The molecule has 0 amide bonds. The van der Waals surface area contributed by atoms with Gasteiger partial charge in [-0.1, -0.05) is 88.7 Å². The third-order valence-corrected chi connectivity index (χ3v) is 4.49. The molecule has 0 saturated heterocycles. The van der Waals surface area contributed by atoms with E-state index < -0.39 is 0 Å². The average Bonchev–Trinajstić information content (AvgIpc) is 2.62. The minimum atomic E-state index is 0.0667. The van der Waals surface area contributed by atoms with Gasteiger partial charge in [0.2, 0.25) is 0 Å². The summed E-state index contributed by atoms with van der Waals surface area (Å²) in [4.78, 5) is 12.7. The Labute approximate surface area is 145 Å². The molecular formula is C21H17BrO. The highest BCUT2D eigenvalue weighted by atomic mass is 79.9. The monoisotopic (exact) mass is 364 g/mol. The Morgan fingerprint density at radius 2 is 1.26 bits per heavy atom. The summed E-state index contributed by atoms with van der Waals surface area (Å²) in [6.45, 7) is 0. The van der Waals surface area contributed by atoms with E-state index in [4.69, 9.17) is 0 Å². The van der Waals surface area contributed by atoms with Crippen LogP contribution in [-0.4, -0.2) is 5.78 Å². The van der Waals surface area contributed by atoms with Crippen molar-refractivity contribution in [3.63, 3.8) is 0 Å². The smallest absolute Gasteiger partial charge is 0.163 e. The van der Waals surface area contributed by atoms with E-state index in [-0.39, 0.29) is 11.7 Å². The highest BCUT2D eigenvalue weighted by Gasteiger charge is 2.19. The average molecular weight is 365 g/mol. The number of ketones is 1. The fraction of sp³-hybridized carbons (Fsp3) is 0.0952. The molecule has 3 aromatic carbocycles. The van der Waals surface area contributed by atoms with Gasteiger partial charge in [0.25, 0.3) is 0 Å². The molecule has 0 aliphatic heterocycles. The lowest BCUT2D eigenvalue weighted by molar-refractivity contribution is 0.0977. The summed E-state index contributed by atoms with van der Waals surface area (Å²) < 4.78 is 1.04. The maximum absolute atomic E-state index is 12.7. The molecule has 2 heteroatoms. The van der Waals surface area contributed by atoms with E-state index in [1.165, 1.54) is 5.56 Å². The van der Waals surface area contributed by atoms with Crippen LogP contribution in [0.2, 0.25) is 0 Å². The third-order valence-electron chi connectivity index (χ3n) is 3.96. The minimum absolute atomic E-state index is 0.0667. The van der Waals surface area contributed by atoms with Crippen LogP contribution in [0.1, 0.15) is 33.8 Å². The van der Waals surface area contributed by atoms with E-state index in [0.29, 0.717) is 6.42 Å². The summed E-state index contributed by atoms with van der Waals surface area (Å²) in [6, 6.07) is 27.9. The van der Waals surface area contributed by atoms with Gasteiger partial charge >= 0.3 is 0 Å². The van der Waals surface area contributed by atoms with Gasteiger partial charge in [-0.15, -0.1) is 0 Å². The van der Waals surface area contributed by atoms with Crippen molar-refractivity contribution in [2.45, 2.75) is 12.3 Å². The van der Waals surface area contributed by atoms with Crippen molar-refractivity contribution in [3.05, 3.63) is 106 Å². The van der Waals surface area contributed by atoms with Crippen LogP contribution in [0.4, 0.5) is 0 Å². The molecule has 0 bridgehead atoms. The number of carbonyl (C=O) groups is 1. The van der Waals surface area contributed by atoms with E-state index in [1.807, 2.05) is 60.7 Å². The van der Waals surface area contributed by atoms with Gasteiger partial charge in [0.05, 0.1) is 0 Å². The molecule has 0 aromatic heterocycles. The van der Waals surface area contributed by atoms with Crippen molar-refractivity contribution in [2.24, 2.45) is 0 Å². The van der Waals surface area contributed by atoms with Gasteiger partial charge in [0.15, 0.2) is 5.78 Å². The SMILES string of the molecule is O=C(C[C@@H](c1ccccc1)c1ccc(Br)cc1)c1ccccc1. The normalized spacial score (nSPS) is 11.9. The molecule has 0 fully saturated rings. The Morgan fingerprint density at radius 1 is 0.739 bits per heavy atom. The minimum Gasteiger partial charge on any atom is -0.294 e. The molecule has 0 radical (unpaired) electrons. The highest BCUT2D eigenvalue weighted by Crippen LogP contribution is 2.30. The molecule has 0 saturated carbocycles. The standard InChI is InChI=1S/C21H17BrO/c22-19-13-11-17(12-14-19)20(16-7-3-1-4-8-16)15-21(23)18-9-5-2-6-10-18/h1-14,20H,15H2/t20-/m0/s1. The molecule has 1 atom stereocenters. The molecule has 0 aliphatic rings. The Kier molecular flexibility index (Phi) is 5.04. The molecular weight excluding hydrogens is 348 g/mol. The lowest BCUT2D eigenvalue weighted by atomic mass is 9.86. The van der Waals surface area contributed by atoms with Crippen LogP contribution in [0.15, 0.2) is 89.4 Å². The zero-order valence-corrected chi connectivity index (χ0v) is 14.2. The second-order valence-corrected chi connectivity index (χ2v) is 6.42. The van der Waals surface area contributed by atoms with E-state index in [0.717, 1.165) is 15.6 Å². The van der Waals surface area contributed by atoms with Crippen LogP contribution >= 0.6 is 15.9 Å². The Balaban J connectivity index is 1.93. The first-order valence-electron chi connectivity index (χ1n) is 7.62. The van der Waals surface area contributed by atoms with Crippen LogP contribution in [0.5, 0.6) is 0 Å². The van der Waals surface area contributed by atoms with E-state index >= 15 is 0 Å². The molecule has 3 rings (SSSR count). The second kappa shape index (κ2) is 7.38. The van der Waals surface area contributed by atoms with Gasteiger partial charge in [0, 0.05) is 22.4 Å². The van der Waals surface area contributed by atoms with E-state index in [9.17, 15) is 4.79 Å². The van der Waals surface area contributed by atoms with Gasteiger partial charge < -0.3 is 0 Å². The number of carbonyl (C=O) groups excluding carboxylic acids is 1. The molecule has 0 spiro atoms. The van der Waals surface area contributed by atoms with Crippen LogP contribution in [0.3, 0.4) is 0 Å². The topological polar surface area (TPSA) is 17.1 Å². The van der Waals surface area contributed by atoms with Crippen LogP contribution < -0.4 is 0 Å². The van der Waals surface area contributed by atoms with Gasteiger partial charge in [-0.3, -0.25) is 4.79 Å². The van der Waals surface area contributed by atoms with Crippen LogP contribution in [0, 0.1) is 0 Å². The Bertz CT molecular complexity index is 764. The summed E-state index contributed by atoms with van der Waals surface area (Å²) in [5, 5.41) is 0. The summed E-state index contributed by atoms with van der Waals surface area (Å²) in [5.41, 5.74) is 3.09. The molecule has 0 N–H and O–H groups in total. The molecule has 23 heavy (non-hydrogen) atoms.